The summed E-state index contributed by atoms with van der Waals surface area (Å²) >= 11 is 0. The van der Waals surface area contributed by atoms with Crippen LogP contribution >= 0.6 is 0 Å². The van der Waals surface area contributed by atoms with Crippen molar-refractivity contribution in [2.24, 2.45) is 5.92 Å². The van der Waals surface area contributed by atoms with Crippen LogP contribution in [0.3, 0.4) is 0 Å². The molecule has 1 aromatic rings. The molecule has 0 aromatic carbocycles. The number of nitrogens with one attached hydrogen (secondary N) is 1. The standard InChI is InChI=1S/C13H21N3O5/c1-8(2)6-20-7-9-5-10(17)12(21-9)16-4-3-11(15-19)14-13(16)18/h3-4,8-10,12,17,19H,5-7H2,1-2H3,(H,14,15,18). The van der Waals surface area contributed by atoms with Crippen molar-refractivity contribution >= 4 is 5.82 Å². The lowest BCUT2D eigenvalue weighted by Gasteiger charge is -2.17. The molecule has 1 aliphatic heterocycles. The third kappa shape index (κ3) is 4.01. The lowest BCUT2D eigenvalue weighted by atomic mass is 10.2. The second-order valence-corrected chi connectivity index (χ2v) is 5.50. The highest BCUT2D eigenvalue weighted by Crippen LogP contribution is 2.28. The zero-order chi connectivity index (χ0) is 15.4. The summed E-state index contributed by atoms with van der Waals surface area (Å²) in [4.78, 5) is 15.4. The van der Waals surface area contributed by atoms with E-state index in [-0.39, 0.29) is 11.9 Å². The minimum absolute atomic E-state index is 0.0422. The molecule has 1 fully saturated rings. The number of aromatic nitrogens is 2. The Hall–Kier alpha value is -1.48. The van der Waals surface area contributed by atoms with E-state index >= 15 is 0 Å². The van der Waals surface area contributed by atoms with Crippen LogP contribution < -0.4 is 11.2 Å². The number of ether oxygens (including phenoxy) is 2. The number of rotatable bonds is 6. The van der Waals surface area contributed by atoms with Gasteiger partial charge in [0.1, 0.15) is 6.10 Å². The van der Waals surface area contributed by atoms with Crippen molar-refractivity contribution in [1.29, 1.82) is 0 Å². The van der Waals surface area contributed by atoms with E-state index in [9.17, 15) is 9.90 Å². The van der Waals surface area contributed by atoms with Crippen LogP contribution in [0, 0.1) is 5.92 Å². The quantitative estimate of drug-likeness (QED) is 0.651. The molecule has 0 saturated carbocycles. The number of aliphatic hydroxyl groups excluding tert-OH is 1. The first-order valence-electron chi connectivity index (χ1n) is 6.91. The first kappa shape index (κ1) is 15.9. The van der Waals surface area contributed by atoms with Gasteiger partial charge in [-0.25, -0.2) is 4.79 Å². The predicted molar refractivity (Wildman–Crippen MR) is 74.1 cm³/mol. The summed E-state index contributed by atoms with van der Waals surface area (Å²) in [6.07, 6.45) is -0.0318. The van der Waals surface area contributed by atoms with Crippen LogP contribution in [0.2, 0.25) is 0 Å². The monoisotopic (exact) mass is 299 g/mol. The molecule has 3 unspecified atom stereocenters. The van der Waals surface area contributed by atoms with Gasteiger partial charge in [-0.3, -0.25) is 15.3 Å². The first-order chi connectivity index (χ1) is 10.0. The van der Waals surface area contributed by atoms with Crippen LogP contribution in [-0.4, -0.2) is 45.3 Å². The van der Waals surface area contributed by atoms with Crippen LogP contribution in [0.5, 0.6) is 0 Å². The fraction of sp³-hybridized carbons (Fsp3) is 0.692. The van der Waals surface area contributed by atoms with Gasteiger partial charge in [-0.15, -0.1) is 0 Å². The molecule has 0 radical (unpaired) electrons. The summed E-state index contributed by atoms with van der Waals surface area (Å²) in [7, 11) is 0. The molecule has 118 valence electrons. The molecule has 3 atom stereocenters. The van der Waals surface area contributed by atoms with Crippen LogP contribution in [0.4, 0.5) is 5.82 Å². The molecule has 0 spiro atoms. The summed E-state index contributed by atoms with van der Waals surface area (Å²) in [6, 6.07) is 1.42. The Morgan fingerprint density at radius 3 is 3.00 bits per heavy atom. The lowest BCUT2D eigenvalue weighted by Crippen LogP contribution is -2.31. The average molecular weight is 299 g/mol. The molecular formula is C13H21N3O5. The van der Waals surface area contributed by atoms with E-state index in [2.05, 4.69) is 18.8 Å². The van der Waals surface area contributed by atoms with E-state index < -0.39 is 18.0 Å². The van der Waals surface area contributed by atoms with E-state index in [1.165, 1.54) is 16.8 Å². The Balaban J connectivity index is 1.99. The normalized spacial score (nSPS) is 25.5. The Morgan fingerprint density at radius 1 is 1.62 bits per heavy atom. The molecule has 0 aliphatic carbocycles. The molecule has 1 aliphatic rings. The maximum atomic E-state index is 11.8. The average Bonchev–Trinajstić information content (AvgIpc) is 2.79. The van der Waals surface area contributed by atoms with E-state index in [0.29, 0.717) is 25.6 Å². The number of nitrogens with zero attached hydrogens (tertiary/aromatic N) is 2. The zero-order valence-corrected chi connectivity index (χ0v) is 12.1. The van der Waals surface area contributed by atoms with Gasteiger partial charge in [0.05, 0.1) is 12.7 Å². The maximum Gasteiger partial charge on any atom is 0.351 e. The highest BCUT2D eigenvalue weighted by Gasteiger charge is 2.35. The highest BCUT2D eigenvalue weighted by atomic mass is 16.6. The van der Waals surface area contributed by atoms with Crippen molar-refractivity contribution in [3.8, 4) is 0 Å². The molecule has 2 heterocycles. The van der Waals surface area contributed by atoms with E-state index in [0.717, 1.165) is 0 Å². The van der Waals surface area contributed by atoms with Gasteiger partial charge >= 0.3 is 5.69 Å². The molecule has 0 bridgehead atoms. The Labute approximate surface area is 122 Å². The third-order valence-corrected chi connectivity index (χ3v) is 3.14. The second-order valence-electron chi connectivity index (χ2n) is 5.50. The van der Waals surface area contributed by atoms with Crippen molar-refractivity contribution in [2.75, 3.05) is 18.7 Å². The largest absolute Gasteiger partial charge is 0.388 e. The Morgan fingerprint density at radius 2 is 2.38 bits per heavy atom. The third-order valence-electron chi connectivity index (χ3n) is 3.14. The number of anilines is 1. The van der Waals surface area contributed by atoms with Gasteiger partial charge in [0.15, 0.2) is 12.0 Å². The van der Waals surface area contributed by atoms with E-state index in [1.807, 2.05) is 0 Å². The van der Waals surface area contributed by atoms with Crippen LogP contribution in [0.15, 0.2) is 17.1 Å². The summed E-state index contributed by atoms with van der Waals surface area (Å²) in [5.74, 6) is 0.470. The molecule has 2 rings (SSSR count). The van der Waals surface area contributed by atoms with Crippen molar-refractivity contribution in [3.63, 3.8) is 0 Å². The topological polar surface area (TPSA) is 106 Å². The van der Waals surface area contributed by atoms with Gasteiger partial charge in [-0.2, -0.15) is 4.98 Å². The molecular weight excluding hydrogens is 278 g/mol. The fourth-order valence-electron chi connectivity index (χ4n) is 2.19. The van der Waals surface area contributed by atoms with Gasteiger partial charge < -0.3 is 14.6 Å². The smallest absolute Gasteiger partial charge is 0.351 e. The molecule has 21 heavy (non-hydrogen) atoms. The van der Waals surface area contributed by atoms with Crippen molar-refractivity contribution in [1.82, 2.24) is 9.55 Å². The fourth-order valence-corrected chi connectivity index (χ4v) is 2.19. The van der Waals surface area contributed by atoms with Crippen LogP contribution in [-0.2, 0) is 9.47 Å². The lowest BCUT2D eigenvalue weighted by molar-refractivity contribution is -0.0659. The molecule has 3 N–H and O–H groups in total. The maximum absolute atomic E-state index is 11.8. The molecule has 1 aromatic heterocycles. The minimum Gasteiger partial charge on any atom is -0.388 e. The van der Waals surface area contributed by atoms with Gasteiger partial charge in [0.2, 0.25) is 0 Å². The number of aliphatic hydroxyl groups is 1. The summed E-state index contributed by atoms with van der Waals surface area (Å²) in [6.45, 7) is 5.10. The highest BCUT2D eigenvalue weighted by molar-refractivity contribution is 5.28. The van der Waals surface area contributed by atoms with Crippen molar-refractivity contribution in [3.05, 3.63) is 22.7 Å². The number of hydrogen-bond donors (Lipinski definition) is 3. The van der Waals surface area contributed by atoms with Crippen LogP contribution in [0.1, 0.15) is 26.5 Å². The van der Waals surface area contributed by atoms with Gasteiger partial charge in [0.25, 0.3) is 0 Å². The SMILES string of the molecule is CC(C)COCC1CC(O)C(n2ccc(NO)nc2=O)O1. The van der Waals surface area contributed by atoms with Crippen molar-refractivity contribution in [2.45, 2.75) is 38.7 Å². The van der Waals surface area contributed by atoms with Crippen molar-refractivity contribution < 1.29 is 19.8 Å². The Kier molecular flexibility index (Phi) is 5.29. The second kappa shape index (κ2) is 6.99. The molecule has 8 nitrogen and oxygen atoms in total. The minimum atomic E-state index is -0.801. The molecule has 1 saturated heterocycles. The number of hydrogen-bond acceptors (Lipinski definition) is 7. The van der Waals surface area contributed by atoms with Gasteiger partial charge in [0, 0.05) is 19.2 Å². The van der Waals surface area contributed by atoms with Gasteiger partial charge in [-0.1, -0.05) is 13.8 Å². The Bertz CT molecular complexity index is 519. The summed E-state index contributed by atoms with van der Waals surface area (Å²) in [5.41, 5.74) is 1.19. The van der Waals surface area contributed by atoms with Crippen LogP contribution in [0.25, 0.3) is 0 Å². The molecule has 8 heteroatoms. The van der Waals surface area contributed by atoms with E-state index in [4.69, 9.17) is 14.7 Å². The van der Waals surface area contributed by atoms with Gasteiger partial charge in [-0.05, 0) is 12.0 Å². The summed E-state index contributed by atoms with van der Waals surface area (Å²) in [5, 5.41) is 18.7. The van der Waals surface area contributed by atoms with E-state index in [1.54, 1.807) is 5.48 Å². The molecule has 0 amide bonds. The predicted octanol–water partition coefficient (Wildman–Crippen LogP) is 0.365. The zero-order valence-electron chi connectivity index (χ0n) is 12.1. The first-order valence-corrected chi connectivity index (χ1v) is 6.91. The summed E-state index contributed by atoms with van der Waals surface area (Å²) < 4.78 is 12.4.